The summed E-state index contributed by atoms with van der Waals surface area (Å²) in [6.07, 6.45) is 4.94. The number of nitrogens with zero attached hydrogens (tertiary/aromatic N) is 5. The van der Waals surface area contributed by atoms with Gasteiger partial charge in [0, 0.05) is 27.2 Å². The van der Waals surface area contributed by atoms with Crippen molar-refractivity contribution >= 4 is 28.4 Å². The quantitative estimate of drug-likeness (QED) is 0.712. The average Bonchev–Trinajstić information content (AvgIpc) is 3.15. The Labute approximate surface area is 167 Å². The molecular weight excluding hydrogens is 372 g/mol. The largest absolute Gasteiger partial charge is 0.370 e. The minimum atomic E-state index is -0.470. The number of nitrogens with one attached hydrogen (secondary N) is 1. The molecule has 0 radical (unpaired) electrons. The molecule has 1 aliphatic heterocycles. The Hall–Kier alpha value is -3.36. The second-order valence-corrected chi connectivity index (χ2v) is 7.36. The standard InChI is InChI=1S/C20H24N6O3/c1-23-18-17(19(28)24(2)20(23)29)26(13-21-18)12-16(27)22-14-8-4-5-9-15(14)25-10-6-3-7-11-25/h4-5,8-9,13H,3,6-7,10-12H2,1-2H3,(H,22,27). The van der Waals surface area contributed by atoms with Crippen LogP contribution in [0, 0.1) is 0 Å². The highest BCUT2D eigenvalue weighted by atomic mass is 16.2. The zero-order chi connectivity index (χ0) is 20.5. The van der Waals surface area contributed by atoms with Crippen molar-refractivity contribution < 1.29 is 4.79 Å². The van der Waals surface area contributed by atoms with E-state index in [1.807, 2.05) is 24.3 Å². The summed E-state index contributed by atoms with van der Waals surface area (Å²) >= 11 is 0. The van der Waals surface area contributed by atoms with Crippen LogP contribution in [-0.2, 0) is 25.4 Å². The van der Waals surface area contributed by atoms with Gasteiger partial charge < -0.3 is 14.8 Å². The van der Waals surface area contributed by atoms with Crippen LogP contribution in [0.1, 0.15) is 19.3 Å². The van der Waals surface area contributed by atoms with E-state index in [0.29, 0.717) is 0 Å². The Morgan fingerprint density at radius 2 is 1.79 bits per heavy atom. The van der Waals surface area contributed by atoms with Gasteiger partial charge in [-0.3, -0.25) is 18.7 Å². The minimum Gasteiger partial charge on any atom is -0.370 e. The van der Waals surface area contributed by atoms with Crippen LogP contribution in [0.25, 0.3) is 11.2 Å². The van der Waals surface area contributed by atoms with Crippen molar-refractivity contribution in [2.24, 2.45) is 14.1 Å². The Morgan fingerprint density at radius 1 is 1.07 bits per heavy atom. The third-order valence-corrected chi connectivity index (χ3v) is 5.41. The van der Waals surface area contributed by atoms with E-state index in [9.17, 15) is 14.4 Å². The molecule has 1 saturated heterocycles. The lowest BCUT2D eigenvalue weighted by Gasteiger charge is -2.30. The third-order valence-electron chi connectivity index (χ3n) is 5.41. The van der Waals surface area contributed by atoms with Gasteiger partial charge in [-0.1, -0.05) is 12.1 Å². The van der Waals surface area contributed by atoms with Gasteiger partial charge in [-0.05, 0) is 31.4 Å². The van der Waals surface area contributed by atoms with Gasteiger partial charge in [0.25, 0.3) is 5.56 Å². The molecule has 3 heterocycles. The molecule has 9 heteroatoms. The molecule has 1 amide bonds. The highest BCUT2D eigenvalue weighted by Crippen LogP contribution is 2.28. The number of imidazole rings is 1. The summed E-state index contributed by atoms with van der Waals surface area (Å²) < 4.78 is 3.80. The first-order chi connectivity index (χ1) is 14.0. The van der Waals surface area contributed by atoms with Gasteiger partial charge >= 0.3 is 5.69 Å². The monoisotopic (exact) mass is 396 g/mol. The normalized spacial score (nSPS) is 14.3. The fraction of sp³-hybridized carbons (Fsp3) is 0.400. The highest BCUT2D eigenvalue weighted by molar-refractivity contribution is 5.94. The molecule has 0 bridgehead atoms. The number of para-hydroxylation sites is 2. The maximum absolute atomic E-state index is 12.8. The first-order valence-corrected chi connectivity index (χ1v) is 9.72. The predicted molar refractivity (Wildman–Crippen MR) is 111 cm³/mol. The van der Waals surface area contributed by atoms with E-state index in [0.717, 1.165) is 41.9 Å². The van der Waals surface area contributed by atoms with Gasteiger partial charge in [0.2, 0.25) is 5.91 Å². The molecule has 9 nitrogen and oxygen atoms in total. The molecule has 0 spiro atoms. The zero-order valence-corrected chi connectivity index (χ0v) is 16.6. The number of rotatable bonds is 4. The first kappa shape index (κ1) is 19.0. The van der Waals surface area contributed by atoms with Crippen molar-refractivity contribution in [1.29, 1.82) is 0 Å². The smallest absolute Gasteiger partial charge is 0.332 e. The third kappa shape index (κ3) is 3.43. The lowest BCUT2D eigenvalue weighted by atomic mass is 10.1. The van der Waals surface area contributed by atoms with E-state index >= 15 is 0 Å². The van der Waals surface area contributed by atoms with Crippen LogP contribution in [0.5, 0.6) is 0 Å². The second-order valence-electron chi connectivity index (χ2n) is 7.36. The second kappa shape index (κ2) is 7.57. The van der Waals surface area contributed by atoms with Crippen molar-refractivity contribution in [3.8, 4) is 0 Å². The Kier molecular flexibility index (Phi) is 4.96. The molecule has 0 unspecified atom stereocenters. The molecule has 152 valence electrons. The topological polar surface area (TPSA) is 94.2 Å². The Bertz CT molecular complexity index is 1180. The number of aryl methyl sites for hydroxylation is 1. The number of carbonyl (C=O) groups is 1. The summed E-state index contributed by atoms with van der Waals surface area (Å²) in [7, 11) is 2.97. The van der Waals surface area contributed by atoms with E-state index in [-0.39, 0.29) is 23.6 Å². The maximum atomic E-state index is 12.8. The van der Waals surface area contributed by atoms with Crippen molar-refractivity contribution in [1.82, 2.24) is 18.7 Å². The van der Waals surface area contributed by atoms with Crippen LogP contribution in [0.15, 0.2) is 40.2 Å². The van der Waals surface area contributed by atoms with Crippen molar-refractivity contribution in [2.45, 2.75) is 25.8 Å². The van der Waals surface area contributed by atoms with Crippen molar-refractivity contribution in [2.75, 3.05) is 23.3 Å². The summed E-state index contributed by atoms with van der Waals surface area (Å²) in [5.41, 5.74) is 1.34. The number of anilines is 2. The van der Waals surface area contributed by atoms with Gasteiger partial charge in [0.1, 0.15) is 6.54 Å². The molecule has 0 aliphatic carbocycles. The maximum Gasteiger partial charge on any atom is 0.332 e. The summed E-state index contributed by atoms with van der Waals surface area (Å²) in [4.78, 5) is 43.8. The minimum absolute atomic E-state index is 0.0712. The Morgan fingerprint density at radius 3 is 2.55 bits per heavy atom. The summed E-state index contributed by atoms with van der Waals surface area (Å²) in [6, 6.07) is 7.75. The summed E-state index contributed by atoms with van der Waals surface area (Å²) in [5.74, 6) is -0.260. The molecule has 1 fully saturated rings. The number of amides is 1. The number of hydrogen-bond donors (Lipinski definition) is 1. The van der Waals surface area contributed by atoms with Crippen LogP contribution in [0.2, 0.25) is 0 Å². The number of benzene rings is 1. The van der Waals surface area contributed by atoms with Gasteiger partial charge in [0.15, 0.2) is 11.2 Å². The molecule has 29 heavy (non-hydrogen) atoms. The van der Waals surface area contributed by atoms with E-state index in [1.165, 1.54) is 28.9 Å². The zero-order valence-electron chi connectivity index (χ0n) is 16.6. The predicted octanol–water partition coefficient (Wildman–Crippen LogP) is 1.06. The molecule has 0 atom stereocenters. The first-order valence-electron chi connectivity index (χ1n) is 9.72. The molecule has 4 rings (SSSR count). The Balaban J connectivity index is 1.61. The molecule has 3 aromatic rings. The van der Waals surface area contributed by atoms with Gasteiger partial charge in [0.05, 0.1) is 17.7 Å². The van der Waals surface area contributed by atoms with Gasteiger partial charge in [-0.15, -0.1) is 0 Å². The van der Waals surface area contributed by atoms with Crippen LogP contribution in [-0.4, -0.2) is 37.7 Å². The van der Waals surface area contributed by atoms with Crippen molar-refractivity contribution in [3.63, 3.8) is 0 Å². The fourth-order valence-corrected chi connectivity index (χ4v) is 3.85. The highest BCUT2D eigenvalue weighted by Gasteiger charge is 2.18. The molecule has 1 aliphatic rings. The van der Waals surface area contributed by atoms with E-state index in [4.69, 9.17) is 0 Å². The molecule has 2 aromatic heterocycles. The molecule has 0 saturated carbocycles. The van der Waals surface area contributed by atoms with Gasteiger partial charge in [-0.2, -0.15) is 0 Å². The number of carbonyl (C=O) groups excluding carboxylic acids is 1. The number of fused-ring (bicyclic) bond motifs is 1. The molecular formula is C20H24N6O3. The van der Waals surface area contributed by atoms with E-state index < -0.39 is 11.2 Å². The van der Waals surface area contributed by atoms with E-state index in [1.54, 1.807) is 7.05 Å². The number of hydrogen-bond acceptors (Lipinski definition) is 5. The fourth-order valence-electron chi connectivity index (χ4n) is 3.85. The average molecular weight is 396 g/mol. The molecule has 1 N–H and O–H groups in total. The molecule has 1 aromatic carbocycles. The van der Waals surface area contributed by atoms with Crippen molar-refractivity contribution in [3.05, 3.63) is 51.4 Å². The van der Waals surface area contributed by atoms with Crippen LogP contribution >= 0.6 is 0 Å². The van der Waals surface area contributed by atoms with Crippen LogP contribution < -0.4 is 21.5 Å². The number of piperidine rings is 1. The van der Waals surface area contributed by atoms with Crippen LogP contribution in [0.4, 0.5) is 11.4 Å². The van der Waals surface area contributed by atoms with Gasteiger partial charge in [-0.25, -0.2) is 9.78 Å². The van der Waals surface area contributed by atoms with E-state index in [2.05, 4.69) is 15.2 Å². The summed E-state index contributed by atoms with van der Waals surface area (Å²) in [5, 5.41) is 2.96. The SMILES string of the molecule is Cn1c(=O)c2c(ncn2CC(=O)Nc2ccccc2N2CCCCC2)n(C)c1=O. The number of aromatic nitrogens is 4. The summed E-state index contributed by atoms with van der Waals surface area (Å²) in [6.45, 7) is 1.88. The lowest BCUT2D eigenvalue weighted by molar-refractivity contribution is -0.116. The van der Waals surface area contributed by atoms with Crippen LogP contribution in [0.3, 0.4) is 0 Å². The lowest BCUT2D eigenvalue weighted by Crippen LogP contribution is -2.37.